The fourth-order valence-electron chi connectivity index (χ4n) is 2.40. The maximum Gasteiger partial charge on any atom is 0.418 e. The smallest absolute Gasteiger partial charge is 0.398 e. The van der Waals surface area contributed by atoms with Crippen LogP contribution in [-0.4, -0.2) is 24.7 Å². The highest BCUT2D eigenvalue weighted by Gasteiger charge is 2.34. The summed E-state index contributed by atoms with van der Waals surface area (Å²) < 4.78 is 43.7. The summed E-state index contributed by atoms with van der Waals surface area (Å²) >= 11 is 0. The Hall–Kier alpha value is -1.76. The summed E-state index contributed by atoms with van der Waals surface area (Å²) in [6.45, 7) is 2.40. The van der Waals surface area contributed by atoms with Crippen molar-refractivity contribution in [2.75, 3.05) is 12.3 Å². The number of nitrogens with two attached hydrogens (primary N) is 1. The third-order valence-corrected chi connectivity index (χ3v) is 3.48. The molecule has 1 fully saturated rings. The molecule has 1 saturated heterocycles. The normalized spacial score (nSPS) is 22.9. The minimum Gasteiger partial charge on any atom is -0.398 e. The molecule has 4 nitrogen and oxygen atoms in total. The van der Waals surface area contributed by atoms with Crippen LogP contribution >= 0.6 is 0 Å². The van der Waals surface area contributed by atoms with E-state index in [0.717, 1.165) is 6.07 Å². The number of nitrogen functional groups attached to an aromatic ring is 1. The highest BCUT2D eigenvalue weighted by Crippen LogP contribution is 2.34. The van der Waals surface area contributed by atoms with Crippen molar-refractivity contribution in [3.63, 3.8) is 0 Å². The SMILES string of the molecule is CC1CC(NC(=O)c2cccc(C(F)(F)F)c2N)CCO1. The molecule has 116 valence electrons. The fraction of sp³-hybridized carbons (Fsp3) is 0.500. The van der Waals surface area contributed by atoms with Crippen LogP contribution in [-0.2, 0) is 10.9 Å². The number of ether oxygens (including phenoxy) is 1. The molecule has 0 saturated carbocycles. The zero-order chi connectivity index (χ0) is 15.6. The van der Waals surface area contributed by atoms with Gasteiger partial charge in [0.1, 0.15) is 0 Å². The standard InChI is InChI=1S/C14H17F3N2O2/c1-8-7-9(5-6-21-8)19-13(20)10-3-2-4-11(12(10)18)14(15,16)17/h2-4,8-9H,5-7,18H2,1H3,(H,19,20). The van der Waals surface area contributed by atoms with E-state index in [4.69, 9.17) is 10.5 Å². The molecule has 3 N–H and O–H groups in total. The minimum atomic E-state index is -4.58. The van der Waals surface area contributed by atoms with E-state index >= 15 is 0 Å². The molecule has 1 aromatic carbocycles. The number of carbonyl (C=O) groups is 1. The second kappa shape index (κ2) is 5.93. The predicted octanol–water partition coefficient (Wildman–Crippen LogP) is 2.58. The molecule has 0 spiro atoms. The van der Waals surface area contributed by atoms with E-state index in [-0.39, 0.29) is 17.7 Å². The molecular weight excluding hydrogens is 285 g/mol. The van der Waals surface area contributed by atoms with Crippen LogP contribution in [0.4, 0.5) is 18.9 Å². The monoisotopic (exact) mass is 302 g/mol. The molecule has 0 aliphatic carbocycles. The van der Waals surface area contributed by atoms with Gasteiger partial charge in [-0.3, -0.25) is 4.79 Å². The Kier molecular flexibility index (Phi) is 4.41. The van der Waals surface area contributed by atoms with E-state index in [1.165, 1.54) is 12.1 Å². The van der Waals surface area contributed by atoms with E-state index in [1.54, 1.807) is 0 Å². The quantitative estimate of drug-likeness (QED) is 0.825. The van der Waals surface area contributed by atoms with E-state index in [2.05, 4.69) is 5.32 Å². The first-order chi connectivity index (χ1) is 9.79. The largest absolute Gasteiger partial charge is 0.418 e. The zero-order valence-electron chi connectivity index (χ0n) is 11.5. The van der Waals surface area contributed by atoms with Gasteiger partial charge in [-0.15, -0.1) is 0 Å². The number of halogens is 3. The van der Waals surface area contributed by atoms with E-state index in [0.29, 0.717) is 19.4 Å². The maximum absolute atomic E-state index is 12.8. The first kappa shape index (κ1) is 15.6. The number of para-hydroxylation sites is 1. The van der Waals surface area contributed by atoms with Crippen molar-refractivity contribution in [1.82, 2.24) is 5.32 Å². The summed E-state index contributed by atoms with van der Waals surface area (Å²) in [5.74, 6) is -0.585. The van der Waals surface area contributed by atoms with Crippen LogP contribution in [0.2, 0.25) is 0 Å². The Morgan fingerprint density at radius 2 is 2.14 bits per heavy atom. The van der Waals surface area contributed by atoms with Gasteiger partial charge in [0.2, 0.25) is 0 Å². The number of amides is 1. The molecule has 1 aliphatic heterocycles. The van der Waals surface area contributed by atoms with Gasteiger partial charge in [-0.1, -0.05) is 6.07 Å². The summed E-state index contributed by atoms with van der Waals surface area (Å²) in [7, 11) is 0. The van der Waals surface area contributed by atoms with Crippen molar-refractivity contribution >= 4 is 11.6 Å². The number of hydrogen-bond acceptors (Lipinski definition) is 3. The summed E-state index contributed by atoms with van der Waals surface area (Å²) in [6, 6.07) is 3.22. The van der Waals surface area contributed by atoms with Crippen molar-refractivity contribution in [3.8, 4) is 0 Å². The Morgan fingerprint density at radius 3 is 2.76 bits per heavy atom. The Balaban J connectivity index is 2.16. The second-order valence-electron chi connectivity index (χ2n) is 5.14. The van der Waals surface area contributed by atoms with Crippen LogP contribution in [0.25, 0.3) is 0 Å². The van der Waals surface area contributed by atoms with Gasteiger partial charge in [-0.25, -0.2) is 0 Å². The zero-order valence-corrected chi connectivity index (χ0v) is 11.5. The number of anilines is 1. The molecule has 7 heteroatoms. The van der Waals surface area contributed by atoms with Crippen molar-refractivity contribution in [2.24, 2.45) is 0 Å². The third kappa shape index (κ3) is 3.66. The molecule has 2 rings (SSSR count). The predicted molar refractivity (Wildman–Crippen MR) is 71.8 cm³/mol. The molecule has 0 radical (unpaired) electrons. The van der Waals surface area contributed by atoms with E-state index < -0.39 is 23.3 Å². The summed E-state index contributed by atoms with van der Waals surface area (Å²) in [5, 5.41) is 2.72. The van der Waals surface area contributed by atoms with Gasteiger partial charge in [0, 0.05) is 12.6 Å². The highest BCUT2D eigenvalue weighted by atomic mass is 19.4. The number of nitrogens with one attached hydrogen (secondary N) is 1. The number of carbonyl (C=O) groups excluding carboxylic acids is 1. The third-order valence-electron chi connectivity index (χ3n) is 3.48. The molecule has 1 amide bonds. The second-order valence-corrected chi connectivity index (χ2v) is 5.14. The van der Waals surface area contributed by atoms with Gasteiger partial charge in [0.05, 0.1) is 22.9 Å². The number of alkyl halides is 3. The van der Waals surface area contributed by atoms with Crippen LogP contribution in [0, 0.1) is 0 Å². The number of rotatable bonds is 2. The number of benzene rings is 1. The van der Waals surface area contributed by atoms with Crippen molar-refractivity contribution < 1.29 is 22.7 Å². The molecule has 0 aromatic heterocycles. The van der Waals surface area contributed by atoms with Gasteiger partial charge >= 0.3 is 6.18 Å². The molecule has 2 atom stereocenters. The summed E-state index contributed by atoms with van der Waals surface area (Å²) in [6.07, 6.45) is -3.30. The van der Waals surface area contributed by atoms with Crippen LogP contribution in [0.1, 0.15) is 35.7 Å². The van der Waals surface area contributed by atoms with Crippen LogP contribution in [0.15, 0.2) is 18.2 Å². The molecule has 2 unspecified atom stereocenters. The highest BCUT2D eigenvalue weighted by molar-refractivity contribution is 6.00. The molecule has 0 bridgehead atoms. The van der Waals surface area contributed by atoms with Gasteiger partial charge in [-0.2, -0.15) is 13.2 Å². The lowest BCUT2D eigenvalue weighted by Gasteiger charge is -2.28. The lowest BCUT2D eigenvalue weighted by molar-refractivity contribution is -0.136. The van der Waals surface area contributed by atoms with E-state index in [1.807, 2.05) is 6.92 Å². The Bertz CT molecular complexity index is 531. The molecular formula is C14H17F3N2O2. The topological polar surface area (TPSA) is 64.4 Å². The maximum atomic E-state index is 12.8. The van der Waals surface area contributed by atoms with Crippen LogP contribution in [0.3, 0.4) is 0 Å². The van der Waals surface area contributed by atoms with Gasteiger partial charge in [0.15, 0.2) is 0 Å². The minimum absolute atomic E-state index is 0.0166. The lowest BCUT2D eigenvalue weighted by atomic mass is 10.0. The van der Waals surface area contributed by atoms with Crippen molar-refractivity contribution in [2.45, 2.75) is 38.1 Å². The van der Waals surface area contributed by atoms with Gasteiger partial charge in [-0.05, 0) is 31.9 Å². The van der Waals surface area contributed by atoms with E-state index in [9.17, 15) is 18.0 Å². The Labute approximate surface area is 120 Å². The van der Waals surface area contributed by atoms with Gasteiger partial charge in [0.25, 0.3) is 5.91 Å². The average Bonchev–Trinajstić information content (AvgIpc) is 2.37. The fourth-order valence-corrected chi connectivity index (χ4v) is 2.40. The summed E-state index contributed by atoms with van der Waals surface area (Å²) in [5.41, 5.74) is 3.82. The lowest BCUT2D eigenvalue weighted by Crippen LogP contribution is -2.41. The van der Waals surface area contributed by atoms with Crippen LogP contribution in [0.5, 0.6) is 0 Å². The first-order valence-corrected chi connectivity index (χ1v) is 6.67. The number of hydrogen-bond donors (Lipinski definition) is 2. The van der Waals surface area contributed by atoms with Crippen LogP contribution < -0.4 is 11.1 Å². The average molecular weight is 302 g/mol. The molecule has 21 heavy (non-hydrogen) atoms. The van der Waals surface area contributed by atoms with Crippen molar-refractivity contribution in [1.29, 1.82) is 0 Å². The summed E-state index contributed by atoms with van der Waals surface area (Å²) in [4.78, 5) is 12.1. The van der Waals surface area contributed by atoms with Gasteiger partial charge < -0.3 is 15.8 Å². The first-order valence-electron chi connectivity index (χ1n) is 6.67. The van der Waals surface area contributed by atoms with Crippen molar-refractivity contribution in [3.05, 3.63) is 29.3 Å². The molecule has 1 aliphatic rings. The molecule has 1 heterocycles. The Morgan fingerprint density at radius 1 is 1.43 bits per heavy atom. The molecule has 1 aromatic rings.